The minimum atomic E-state index is -0.628. The molecule has 17 heavy (non-hydrogen) atoms. The lowest BCUT2D eigenvalue weighted by Gasteiger charge is -2.27. The van der Waals surface area contributed by atoms with E-state index >= 15 is 0 Å². The Bertz CT molecular complexity index is 282. The van der Waals surface area contributed by atoms with Crippen LogP contribution in [0, 0.1) is 5.41 Å². The van der Waals surface area contributed by atoms with Crippen LogP contribution >= 0.6 is 0 Å². The highest BCUT2D eigenvalue weighted by molar-refractivity contribution is 5.89. The summed E-state index contributed by atoms with van der Waals surface area (Å²) in [7, 11) is 0. The van der Waals surface area contributed by atoms with Crippen molar-refractivity contribution in [2.45, 2.75) is 59.7 Å². The molecule has 0 aromatic carbocycles. The monoisotopic (exact) mass is 243 g/mol. The van der Waals surface area contributed by atoms with Crippen molar-refractivity contribution in [2.75, 3.05) is 0 Å². The number of rotatable bonds is 4. The Kier molecular flexibility index (Phi) is 5.61. The first kappa shape index (κ1) is 15.9. The van der Waals surface area contributed by atoms with Crippen molar-refractivity contribution in [1.82, 2.24) is 10.6 Å². The second kappa shape index (κ2) is 6.00. The molecule has 0 saturated heterocycles. The number of hydrogen-bond acceptors (Lipinski definition) is 3. The first-order valence-electron chi connectivity index (χ1n) is 5.92. The Labute approximate surface area is 104 Å². The van der Waals surface area contributed by atoms with Gasteiger partial charge in [-0.05, 0) is 26.2 Å². The third kappa shape index (κ3) is 5.68. The zero-order chi connectivity index (χ0) is 13.8. The summed E-state index contributed by atoms with van der Waals surface area (Å²) < 4.78 is 0. The zero-order valence-corrected chi connectivity index (χ0v) is 11.6. The van der Waals surface area contributed by atoms with Crippen LogP contribution in [0.25, 0.3) is 0 Å². The van der Waals surface area contributed by atoms with Crippen LogP contribution in [0.2, 0.25) is 0 Å². The summed E-state index contributed by atoms with van der Waals surface area (Å²) in [5.41, 5.74) is 5.48. The highest BCUT2D eigenvalue weighted by Crippen LogP contribution is 2.17. The Balaban J connectivity index is 4.35. The van der Waals surface area contributed by atoms with Crippen molar-refractivity contribution >= 4 is 11.8 Å². The lowest BCUT2D eigenvalue weighted by Crippen LogP contribution is -2.54. The summed E-state index contributed by atoms with van der Waals surface area (Å²) in [5.74, 6) is -0.502. The number of carbonyl (C=O) groups excluding carboxylic acids is 2. The number of carbonyl (C=O) groups is 2. The standard InChI is InChI=1S/C12H25N3O2/c1-7(2)14-10(16)8(3)15-11(17)9(13)12(4,5)6/h7-9H,13H2,1-6H3,(H,14,16)(H,15,17). The van der Waals surface area contributed by atoms with Crippen LogP contribution in [0.4, 0.5) is 0 Å². The van der Waals surface area contributed by atoms with E-state index in [1.54, 1.807) is 6.92 Å². The van der Waals surface area contributed by atoms with Gasteiger partial charge in [0.05, 0.1) is 6.04 Å². The quantitative estimate of drug-likeness (QED) is 0.668. The molecule has 0 aromatic heterocycles. The van der Waals surface area contributed by atoms with Crippen LogP contribution in [-0.2, 0) is 9.59 Å². The molecule has 0 heterocycles. The van der Waals surface area contributed by atoms with Gasteiger partial charge in [0.2, 0.25) is 11.8 Å². The van der Waals surface area contributed by atoms with Crippen LogP contribution in [0.5, 0.6) is 0 Å². The van der Waals surface area contributed by atoms with Gasteiger partial charge >= 0.3 is 0 Å². The molecule has 0 saturated carbocycles. The molecule has 2 unspecified atom stereocenters. The molecular weight excluding hydrogens is 218 g/mol. The fraction of sp³-hybridized carbons (Fsp3) is 0.833. The molecule has 2 atom stereocenters. The lowest BCUT2D eigenvalue weighted by atomic mass is 9.87. The van der Waals surface area contributed by atoms with Gasteiger partial charge in [0, 0.05) is 6.04 Å². The van der Waals surface area contributed by atoms with Gasteiger partial charge < -0.3 is 16.4 Å². The predicted octanol–water partition coefficient (Wildman–Crippen LogP) is 0.389. The topological polar surface area (TPSA) is 84.2 Å². The molecule has 0 aliphatic heterocycles. The maximum absolute atomic E-state index is 11.8. The summed E-state index contributed by atoms with van der Waals surface area (Å²) in [6, 6.07) is -1.15. The van der Waals surface area contributed by atoms with E-state index in [9.17, 15) is 9.59 Å². The molecule has 0 fully saturated rings. The minimum absolute atomic E-state index is 0.0538. The second-order valence-corrected chi connectivity index (χ2v) is 5.74. The highest BCUT2D eigenvalue weighted by Gasteiger charge is 2.29. The number of amides is 2. The van der Waals surface area contributed by atoms with E-state index in [0.29, 0.717) is 0 Å². The van der Waals surface area contributed by atoms with E-state index in [-0.39, 0.29) is 23.3 Å². The predicted molar refractivity (Wildman–Crippen MR) is 68.3 cm³/mol. The SMILES string of the molecule is CC(C)NC(=O)C(C)NC(=O)C(N)C(C)(C)C. The molecule has 0 aromatic rings. The first-order chi connectivity index (χ1) is 7.55. The summed E-state index contributed by atoms with van der Waals surface area (Å²) in [4.78, 5) is 23.4. The van der Waals surface area contributed by atoms with Gasteiger partial charge in [0.25, 0.3) is 0 Å². The third-order valence-electron chi connectivity index (χ3n) is 2.40. The van der Waals surface area contributed by atoms with Gasteiger partial charge in [0.1, 0.15) is 6.04 Å². The molecule has 100 valence electrons. The molecule has 0 bridgehead atoms. The van der Waals surface area contributed by atoms with E-state index in [1.807, 2.05) is 34.6 Å². The van der Waals surface area contributed by atoms with E-state index in [2.05, 4.69) is 10.6 Å². The van der Waals surface area contributed by atoms with Gasteiger partial charge in [-0.15, -0.1) is 0 Å². The summed E-state index contributed by atoms with van der Waals surface area (Å²) in [6.45, 7) is 11.0. The molecular formula is C12H25N3O2. The highest BCUT2D eigenvalue weighted by atomic mass is 16.2. The van der Waals surface area contributed by atoms with Crippen LogP contribution < -0.4 is 16.4 Å². The van der Waals surface area contributed by atoms with Crippen molar-refractivity contribution in [1.29, 1.82) is 0 Å². The molecule has 5 nitrogen and oxygen atoms in total. The molecule has 4 N–H and O–H groups in total. The van der Waals surface area contributed by atoms with Crippen molar-refractivity contribution in [3.8, 4) is 0 Å². The largest absolute Gasteiger partial charge is 0.352 e. The first-order valence-corrected chi connectivity index (χ1v) is 5.92. The van der Waals surface area contributed by atoms with E-state index < -0.39 is 12.1 Å². The smallest absolute Gasteiger partial charge is 0.242 e. The Morgan fingerprint density at radius 3 is 1.82 bits per heavy atom. The average Bonchev–Trinajstić information content (AvgIpc) is 2.13. The van der Waals surface area contributed by atoms with Gasteiger partial charge in [-0.3, -0.25) is 9.59 Å². The van der Waals surface area contributed by atoms with Crippen LogP contribution in [0.1, 0.15) is 41.5 Å². The fourth-order valence-corrected chi connectivity index (χ4v) is 1.17. The Morgan fingerprint density at radius 2 is 1.47 bits per heavy atom. The van der Waals surface area contributed by atoms with E-state index in [1.165, 1.54) is 0 Å². The summed E-state index contributed by atoms with van der Waals surface area (Å²) in [5, 5.41) is 5.35. The van der Waals surface area contributed by atoms with Gasteiger partial charge in [-0.2, -0.15) is 0 Å². The molecule has 0 aliphatic rings. The van der Waals surface area contributed by atoms with Crippen molar-refractivity contribution in [2.24, 2.45) is 11.1 Å². The van der Waals surface area contributed by atoms with E-state index in [4.69, 9.17) is 5.73 Å². The van der Waals surface area contributed by atoms with Crippen molar-refractivity contribution in [3.63, 3.8) is 0 Å². The van der Waals surface area contributed by atoms with Gasteiger partial charge in [-0.25, -0.2) is 0 Å². The molecule has 0 spiro atoms. The van der Waals surface area contributed by atoms with Gasteiger partial charge in [0.15, 0.2) is 0 Å². The maximum atomic E-state index is 11.8. The zero-order valence-electron chi connectivity index (χ0n) is 11.6. The van der Waals surface area contributed by atoms with Crippen LogP contribution in [0.15, 0.2) is 0 Å². The molecule has 5 heteroatoms. The van der Waals surface area contributed by atoms with Crippen molar-refractivity contribution in [3.05, 3.63) is 0 Å². The number of nitrogens with two attached hydrogens (primary N) is 1. The summed E-state index contributed by atoms with van der Waals surface area (Å²) >= 11 is 0. The molecule has 2 amide bonds. The molecule has 0 aliphatic carbocycles. The normalized spacial score (nSPS) is 15.3. The van der Waals surface area contributed by atoms with Gasteiger partial charge in [-0.1, -0.05) is 20.8 Å². The Hall–Kier alpha value is -1.10. The summed E-state index contributed by atoms with van der Waals surface area (Å²) in [6.07, 6.45) is 0. The average molecular weight is 243 g/mol. The van der Waals surface area contributed by atoms with Crippen molar-refractivity contribution < 1.29 is 9.59 Å². The minimum Gasteiger partial charge on any atom is -0.352 e. The molecule has 0 rings (SSSR count). The lowest BCUT2D eigenvalue weighted by molar-refractivity contribution is -0.130. The second-order valence-electron chi connectivity index (χ2n) is 5.74. The Morgan fingerprint density at radius 1 is 1.00 bits per heavy atom. The number of hydrogen-bond donors (Lipinski definition) is 3. The molecule has 0 radical (unpaired) electrons. The maximum Gasteiger partial charge on any atom is 0.242 e. The fourth-order valence-electron chi connectivity index (χ4n) is 1.17. The third-order valence-corrected chi connectivity index (χ3v) is 2.40. The van der Waals surface area contributed by atoms with Crippen LogP contribution in [0.3, 0.4) is 0 Å². The van der Waals surface area contributed by atoms with Crippen LogP contribution in [-0.4, -0.2) is 29.9 Å². The number of nitrogens with one attached hydrogen (secondary N) is 2. The van der Waals surface area contributed by atoms with E-state index in [0.717, 1.165) is 0 Å².